The molecule has 1 aromatic heterocycles. The monoisotopic (exact) mass is 280 g/mol. The van der Waals surface area contributed by atoms with Gasteiger partial charge >= 0.3 is 5.69 Å². The van der Waals surface area contributed by atoms with Crippen molar-refractivity contribution < 1.29 is 4.92 Å². The second kappa shape index (κ2) is 6.44. The van der Waals surface area contributed by atoms with Crippen LogP contribution >= 0.6 is 11.3 Å². The molecule has 0 saturated heterocycles. The summed E-state index contributed by atoms with van der Waals surface area (Å²) in [6.07, 6.45) is 1.07. The molecule has 0 radical (unpaired) electrons. The molecule has 1 heterocycles. The van der Waals surface area contributed by atoms with Crippen LogP contribution in [-0.2, 0) is 0 Å². The average Bonchev–Trinajstić information content (AvgIpc) is 2.85. The third kappa shape index (κ3) is 3.18. The van der Waals surface area contributed by atoms with Gasteiger partial charge in [-0.2, -0.15) is 0 Å². The van der Waals surface area contributed by atoms with E-state index in [0.717, 1.165) is 24.2 Å². The minimum absolute atomic E-state index is 0.0641. The number of anilines is 1. The van der Waals surface area contributed by atoms with Gasteiger partial charge in [-0.1, -0.05) is 6.92 Å². The lowest BCUT2D eigenvalue weighted by Crippen LogP contribution is -2.23. The van der Waals surface area contributed by atoms with Gasteiger partial charge in [0.05, 0.1) is 15.1 Å². The predicted molar refractivity (Wildman–Crippen MR) is 77.9 cm³/mol. The largest absolute Gasteiger partial charge is 0.378 e. The molecule has 0 aliphatic rings. The van der Waals surface area contributed by atoms with Gasteiger partial charge in [-0.25, -0.2) is 4.98 Å². The molecule has 2 N–H and O–H groups in total. The zero-order valence-corrected chi connectivity index (χ0v) is 11.5. The molecule has 0 aliphatic heterocycles. The van der Waals surface area contributed by atoms with Crippen LogP contribution in [-0.4, -0.2) is 29.5 Å². The Morgan fingerprint density at radius 3 is 2.95 bits per heavy atom. The van der Waals surface area contributed by atoms with Gasteiger partial charge < -0.3 is 10.6 Å². The SMILES string of the molecule is CCCNCCNc1ccc2scnc2c1[N+](=O)[O-]. The van der Waals surface area contributed by atoms with E-state index in [1.165, 1.54) is 11.3 Å². The first kappa shape index (κ1) is 13.7. The number of thiazole rings is 1. The molecule has 19 heavy (non-hydrogen) atoms. The Bertz CT molecular complexity index is 570. The molecule has 0 atom stereocenters. The summed E-state index contributed by atoms with van der Waals surface area (Å²) in [6.45, 7) is 4.48. The maximum Gasteiger partial charge on any atom is 0.319 e. The van der Waals surface area contributed by atoms with Crippen molar-refractivity contribution in [1.29, 1.82) is 0 Å². The molecule has 0 spiro atoms. The standard InChI is InChI=1S/C12H16N4O2S/c1-2-5-13-6-7-14-9-3-4-10-11(15-8-19-10)12(9)16(17)18/h3-4,8,13-14H,2,5-7H2,1H3. The number of nitro benzene ring substituents is 1. The number of nitrogens with one attached hydrogen (secondary N) is 2. The summed E-state index contributed by atoms with van der Waals surface area (Å²) in [6, 6.07) is 3.61. The maximum atomic E-state index is 11.2. The molecule has 2 rings (SSSR count). The second-order valence-corrected chi connectivity index (χ2v) is 4.98. The van der Waals surface area contributed by atoms with Crippen molar-refractivity contribution in [3.63, 3.8) is 0 Å². The first-order valence-corrected chi connectivity index (χ1v) is 7.07. The van der Waals surface area contributed by atoms with Crippen LogP contribution in [0, 0.1) is 10.1 Å². The van der Waals surface area contributed by atoms with E-state index < -0.39 is 0 Å². The molecule has 6 nitrogen and oxygen atoms in total. The van der Waals surface area contributed by atoms with E-state index >= 15 is 0 Å². The van der Waals surface area contributed by atoms with Gasteiger partial charge in [0.2, 0.25) is 0 Å². The molecular formula is C12H16N4O2S. The van der Waals surface area contributed by atoms with E-state index in [4.69, 9.17) is 0 Å². The lowest BCUT2D eigenvalue weighted by molar-refractivity contribution is -0.382. The smallest absolute Gasteiger partial charge is 0.319 e. The number of hydrogen-bond acceptors (Lipinski definition) is 6. The van der Waals surface area contributed by atoms with Crippen molar-refractivity contribution in [3.05, 3.63) is 27.8 Å². The molecule has 102 valence electrons. The highest BCUT2D eigenvalue weighted by molar-refractivity contribution is 7.16. The number of fused-ring (bicyclic) bond motifs is 1. The molecule has 0 fully saturated rings. The quantitative estimate of drug-likeness (QED) is 0.463. The maximum absolute atomic E-state index is 11.2. The summed E-state index contributed by atoms with van der Waals surface area (Å²) in [7, 11) is 0. The van der Waals surface area contributed by atoms with Gasteiger partial charge in [0.1, 0.15) is 5.69 Å². The van der Waals surface area contributed by atoms with Gasteiger partial charge in [-0.15, -0.1) is 11.3 Å². The van der Waals surface area contributed by atoms with Crippen LogP contribution in [0.1, 0.15) is 13.3 Å². The van der Waals surface area contributed by atoms with Crippen LogP contribution in [0.15, 0.2) is 17.6 Å². The van der Waals surface area contributed by atoms with Crippen LogP contribution in [0.5, 0.6) is 0 Å². The summed E-state index contributed by atoms with van der Waals surface area (Å²) in [5.74, 6) is 0. The van der Waals surface area contributed by atoms with Crippen LogP contribution in [0.4, 0.5) is 11.4 Å². The first-order chi connectivity index (χ1) is 9.24. The van der Waals surface area contributed by atoms with Crippen LogP contribution < -0.4 is 10.6 Å². The third-order valence-corrected chi connectivity index (χ3v) is 3.50. The Labute approximate surface area is 115 Å². The Balaban J connectivity index is 2.13. The van der Waals surface area contributed by atoms with Crippen molar-refractivity contribution >= 4 is 32.9 Å². The number of benzene rings is 1. The fourth-order valence-electron chi connectivity index (χ4n) is 1.83. The van der Waals surface area contributed by atoms with Crippen molar-refractivity contribution in [1.82, 2.24) is 10.3 Å². The number of aromatic nitrogens is 1. The molecule has 7 heteroatoms. The molecule has 1 aromatic carbocycles. The summed E-state index contributed by atoms with van der Waals surface area (Å²) >= 11 is 1.41. The third-order valence-electron chi connectivity index (χ3n) is 2.70. The van der Waals surface area contributed by atoms with E-state index in [1.807, 2.05) is 6.07 Å². The van der Waals surface area contributed by atoms with E-state index in [2.05, 4.69) is 22.5 Å². The van der Waals surface area contributed by atoms with Gasteiger partial charge in [-0.3, -0.25) is 10.1 Å². The average molecular weight is 280 g/mol. The van der Waals surface area contributed by atoms with E-state index in [-0.39, 0.29) is 10.6 Å². The van der Waals surface area contributed by atoms with Crippen LogP contribution in [0.25, 0.3) is 10.2 Å². The van der Waals surface area contributed by atoms with Crippen LogP contribution in [0.2, 0.25) is 0 Å². The van der Waals surface area contributed by atoms with Crippen molar-refractivity contribution in [2.75, 3.05) is 25.0 Å². The highest BCUT2D eigenvalue weighted by Crippen LogP contribution is 2.34. The fourth-order valence-corrected chi connectivity index (χ4v) is 2.51. The molecule has 0 unspecified atom stereocenters. The summed E-state index contributed by atoms with van der Waals surface area (Å²) < 4.78 is 0.835. The minimum Gasteiger partial charge on any atom is -0.378 e. The highest BCUT2D eigenvalue weighted by Gasteiger charge is 2.20. The van der Waals surface area contributed by atoms with Gasteiger partial charge in [0.15, 0.2) is 5.52 Å². The lowest BCUT2D eigenvalue weighted by atomic mass is 10.2. The zero-order chi connectivity index (χ0) is 13.7. The molecule has 0 amide bonds. The zero-order valence-electron chi connectivity index (χ0n) is 10.7. The van der Waals surface area contributed by atoms with Gasteiger partial charge in [-0.05, 0) is 25.1 Å². The van der Waals surface area contributed by atoms with Crippen molar-refractivity contribution in [2.45, 2.75) is 13.3 Å². The minimum atomic E-state index is -0.371. The van der Waals surface area contributed by atoms with Crippen LogP contribution in [0.3, 0.4) is 0 Å². The topological polar surface area (TPSA) is 80.1 Å². The first-order valence-electron chi connectivity index (χ1n) is 6.19. The Hall–Kier alpha value is -1.73. The number of nitro groups is 1. The summed E-state index contributed by atoms with van der Waals surface area (Å²) in [5.41, 5.74) is 2.68. The lowest BCUT2D eigenvalue weighted by Gasteiger charge is -2.08. The molecule has 2 aromatic rings. The molecule has 0 bridgehead atoms. The molecular weight excluding hydrogens is 264 g/mol. The predicted octanol–water partition coefficient (Wildman–Crippen LogP) is 2.62. The summed E-state index contributed by atoms with van der Waals surface area (Å²) in [4.78, 5) is 14.9. The van der Waals surface area contributed by atoms with Gasteiger partial charge in [0, 0.05) is 13.1 Å². The van der Waals surface area contributed by atoms with Gasteiger partial charge in [0.25, 0.3) is 0 Å². The summed E-state index contributed by atoms with van der Waals surface area (Å²) in [5, 5.41) is 17.5. The number of nitrogens with zero attached hydrogens (tertiary/aromatic N) is 2. The Morgan fingerprint density at radius 2 is 2.21 bits per heavy atom. The van der Waals surface area contributed by atoms with Crippen molar-refractivity contribution in [3.8, 4) is 0 Å². The Morgan fingerprint density at radius 1 is 1.37 bits per heavy atom. The number of rotatable bonds is 7. The normalized spacial score (nSPS) is 10.8. The highest BCUT2D eigenvalue weighted by atomic mass is 32.1. The van der Waals surface area contributed by atoms with E-state index in [0.29, 0.717) is 17.7 Å². The Kier molecular flexibility index (Phi) is 4.64. The molecule has 0 aliphatic carbocycles. The molecule has 0 saturated carbocycles. The number of hydrogen-bond donors (Lipinski definition) is 2. The van der Waals surface area contributed by atoms with E-state index in [9.17, 15) is 10.1 Å². The second-order valence-electron chi connectivity index (χ2n) is 4.09. The van der Waals surface area contributed by atoms with Crippen molar-refractivity contribution in [2.24, 2.45) is 0 Å². The van der Waals surface area contributed by atoms with E-state index in [1.54, 1.807) is 11.6 Å². The fraction of sp³-hybridized carbons (Fsp3) is 0.417.